The molecule has 0 bridgehead atoms. The number of terminal acetylenes is 1. The highest BCUT2D eigenvalue weighted by Gasteiger charge is 1.84. The molecule has 0 saturated heterocycles. The third kappa shape index (κ3) is 5.65. The van der Waals surface area contributed by atoms with Crippen molar-refractivity contribution in [3.8, 4) is 12.3 Å². The van der Waals surface area contributed by atoms with Crippen LogP contribution in [0.3, 0.4) is 0 Å². The standard InChI is InChI=1S/C8H11Br/c1-3-4-5-8(2)6-7-9/h1,6H,4-5,7H2,2H3. The second-order valence-electron chi connectivity index (χ2n) is 1.91. The smallest absolute Gasteiger partial charge is 0.0214 e. The van der Waals surface area contributed by atoms with E-state index < -0.39 is 0 Å². The van der Waals surface area contributed by atoms with Gasteiger partial charge in [0.05, 0.1) is 0 Å². The van der Waals surface area contributed by atoms with E-state index in [-0.39, 0.29) is 0 Å². The van der Waals surface area contributed by atoms with Crippen LogP contribution >= 0.6 is 15.9 Å². The van der Waals surface area contributed by atoms with Gasteiger partial charge in [-0.15, -0.1) is 12.3 Å². The van der Waals surface area contributed by atoms with Crippen molar-refractivity contribution in [1.29, 1.82) is 0 Å². The van der Waals surface area contributed by atoms with Crippen molar-refractivity contribution < 1.29 is 0 Å². The van der Waals surface area contributed by atoms with Crippen LogP contribution in [0.4, 0.5) is 0 Å². The fraction of sp³-hybridized carbons (Fsp3) is 0.500. The maximum absolute atomic E-state index is 5.08. The average molecular weight is 187 g/mol. The monoisotopic (exact) mass is 186 g/mol. The van der Waals surface area contributed by atoms with Gasteiger partial charge in [-0.1, -0.05) is 27.6 Å². The largest absolute Gasteiger partial charge is 0.120 e. The van der Waals surface area contributed by atoms with E-state index in [1.807, 2.05) is 0 Å². The zero-order valence-electron chi connectivity index (χ0n) is 5.65. The molecular formula is C8H11Br. The van der Waals surface area contributed by atoms with Gasteiger partial charge in [0, 0.05) is 11.8 Å². The summed E-state index contributed by atoms with van der Waals surface area (Å²) in [4.78, 5) is 0. The summed E-state index contributed by atoms with van der Waals surface area (Å²) in [5.41, 5.74) is 1.37. The fourth-order valence-corrected chi connectivity index (χ4v) is 1.06. The van der Waals surface area contributed by atoms with Gasteiger partial charge in [0.25, 0.3) is 0 Å². The summed E-state index contributed by atoms with van der Waals surface area (Å²) < 4.78 is 0. The third-order valence-electron chi connectivity index (χ3n) is 1.09. The number of hydrogen-bond donors (Lipinski definition) is 0. The van der Waals surface area contributed by atoms with Crippen molar-refractivity contribution >= 4 is 15.9 Å². The molecule has 0 nitrogen and oxygen atoms in total. The molecule has 0 aromatic carbocycles. The lowest BCUT2D eigenvalue weighted by atomic mass is 10.2. The quantitative estimate of drug-likeness (QED) is 0.362. The zero-order chi connectivity index (χ0) is 7.11. The summed E-state index contributed by atoms with van der Waals surface area (Å²) in [6.45, 7) is 2.10. The first kappa shape index (κ1) is 8.78. The molecule has 9 heavy (non-hydrogen) atoms. The Bertz CT molecular complexity index is 128. The normalized spacial score (nSPS) is 11.0. The molecule has 0 rings (SSSR count). The summed E-state index contributed by atoms with van der Waals surface area (Å²) in [6.07, 6.45) is 9.11. The topological polar surface area (TPSA) is 0 Å². The van der Waals surface area contributed by atoms with Crippen molar-refractivity contribution in [1.82, 2.24) is 0 Å². The van der Waals surface area contributed by atoms with Gasteiger partial charge in [0.2, 0.25) is 0 Å². The SMILES string of the molecule is C#CCCC(C)=CCBr. The Morgan fingerprint density at radius 1 is 1.78 bits per heavy atom. The number of allylic oxidation sites excluding steroid dienone is 2. The molecule has 1 heteroatoms. The highest BCUT2D eigenvalue weighted by Crippen LogP contribution is 2.02. The first-order valence-corrected chi connectivity index (χ1v) is 4.08. The van der Waals surface area contributed by atoms with Crippen LogP contribution in [0.1, 0.15) is 19.8 Å². The predicted octanol–water partition coefficient (Wildman–Crippen LogP) is 2.74. The van der Waals surface area contributed by atoms with E-state index in [0.29, 0.717) is 0 Å². The lowest BCUT2D eigenvalue weighted by Gasteiger charge is -1.92. The molecule has 0 fully saturated rings. The lowest BCUT2D eigenvalue weighted by molar-refractivity contribution is 0.999. The molecule has 0 aliphatic rings. The summed E-state index contributed by atoms with van der Waals surface area (Å²) in [6, 6.07) is 0. The second kappa shape index (κ2) is 5.91. The van der Waals surface area contributed by atoms with Crippen molar-refractivity contribution in [3.05, 3.63) is 11.6 Å². The van der Waals surface area contributed by atoms with E-state index >= 15 is 0 Å². The Balaban J connectivity index is 3.40. The molecule has 0 heterocycles. The predicted molar refractivity (Wildman–Crippen MR) is 45.6 cm³/mol. The molecular weight excluding hydrogens is 176 g/mol. The first-order valence-electron chi connectivity index (χ1n) is 2.96. The van der Waals surface area contributed by atoms with Gasteiger partial charge >= 0.3 is 0 Å². The van der Waals surface area contributed by atoms with Crippen LogP contribution in [-0.2, 0) is 0 Å². The van der Waals surface area contributed by atoms with Crippen LogP contribution in [0.15, 0.2) is 11.6 Å². The van der Waals surface area contributed by atoms with Gasteiger partial charge in [-0.25, -0.2) is 0 Å². The molecule has 0 unspecified atom stereocenters. The van der Waals surface area contributed by atoms with E-state index in [2.05, 4.69) is 34.9 Å². The van der Waals surface area contributed by atoms with Crippen LogP contribution in [0.2, 0.25) is 0 Å². The van der Waals surface area contributed by atoms with Crippen molar-refractivity contribution in [2.24, 2.45) is 0 Å². The Kier molecular flexibility index (Phi) is 5.76. The molecule has 0 saturated carbocycles. The maximum Gasteiger partial charge on any atom is 0.0214 e. The molecule has 0 N–H and O–H groups in total. The van der Waals surface area contributed by atoms with Crippen LogP contribution in [0.5, 0.6) is 0 Å². The highest BCUT2D eigenvalue weighted by atomic mass is 79.9. The number of rotatable bonds is 3. The molecule has 0 aliphatic carbocycles. The lowest BCUT2D eigenvalue weighted by Crippen LogP contribution is -1.75. The zero-order valence-corrected chi connectivity index (χ0v) is 7.24. The Hall–Kier alpha value is -0.220. The van der Waals surface area contributed by atoms with Gasteiger partial charge in [0.15, 0.2) is 0 Å². The van der Waals surface area contributed by atoms with E-state index in [4.69, 9.17) is 6.42 Å². The first-order chi connectivity index (χ1) is 4.31. The average Bonchev–Trinajstić information content (AvgIpc) is 1.85. The summed E-state index contributed by atoms with van der Waals surface area (Å²) in [7, 11) is 0. The Labute approximate surface area is 65.5 Å². The van der Waals surface area contributed by atoms with Gasteiger partial charge < -0.3 is 0 Å². The third-order valence-corrected chi connectivity index (χ3v) is 1.41. The molecule has 50 valence electrons. The van der Waals surface area contributed by atoms with Crippen LogP contribution in [0.25, 0.3) is 0 Å². The molecule has 0 aromatic heterocycles. The van der Waals surface area contributed by atoms with Gasteiger partial charge in [-0.3, -0.25) is 0 Å². The molecule has 0 amide bonds. The van der Waals surface area contributed by atoms with Gasteiger partial charge in [0.1, 0.15) is 0 Å². The summed E-state index contributed by atoms with van der Waals surface area (Å²) in [5.74, 6) is 2.60. The van der Waals surface area contributed by atoms with Crippen molar-refractivity contribution in [2.75, 3.05) is 5.33 Å². The molecule has 0 atom stereocenters. The minimum Gasteiger partial charge on any atom is -0.120 e. The van der Waals surface area contributed by atoms with Gasteiger partial charge in [-0.2, -0.15) is 0 Å². The van der Waals surface area contributed by atoms with Crippen LogP contribution in [0, 0.1) is 12.3 Å². The van der Waals surface area contributed by atoms with Crippen molar-refractivity contribution in [3.63, 3.8) is 0 Å². The maximum atomic E-state index is 5.08. The second-order valence-corrected chi connectivity index (χ2v) is 2.56. The van der Waals surface area contributed by atoms with Crippen molar-refractivity contribution in [2.45, 2.75) is 19.8 Å². The van der Waals surface area contributed by atoms with Crippen LogP contribution < -0.4 is 0 Å². The molecule has 0 aromatic rings. The molecule has 0 radical (unpaired) electrons. The minimum atomic E-state index is 0.856. The van der Waals surface area contributed by atoms with E-state index in [1.54, 1.807) is 0 Å². The Morgan fingerprint density at radius 2 is 2.44 bits per heavy atom. The summed E-state index contributed by atoms with van der Waals surface area (Å²) >= 11 is 3.31. The minimum absolute atomic E-state index is 0.856. The molecule has 0 spiro atoms. The van der Waals surface area contributed by atoms with Crippen LogP contribution in [-0.4, -0.2) is 5.33 Å². The Morgan fingerprint density at radius 3 is 2.89 bits per heavy atom. The van der Waals surface area contributed by atoms with Gasteiger partial charge in [-0.05, 0) is 13.3 Å². The number of alkyl halides is 1. The van der Waals surface area contributed by atoms with E-state index in [1.165, 1.54) is 5.57 Å². The summed E-state index contributed by atoms with van der Waals surface area (Å²) in [5, 5.41) is 0.934. The number of halogens is 1. The highest BCUT2D eigenvalue weighted by molar-refractivity contribution is 9.09. The van der Waals surface area contributed by atoms with E-state index in [0.717, 1.165) is 18.2 Å². The molecule has 0 aliphatic heterocycles. The van der Waals surface area contributed by atoms with E-state index in [9.17, 15) is 0 Å². The fourth-order valence-electron chi connectivity index (χ4n) is 0.503. The number of hydrogen-bond acceptors (Lipinski definition) is 0.